The Labute approximate surface area is 594 Å². The van der Waals surface area contributed by atoms with Gasteiger partial charge in [-0.25, -0.2) is 9.13 Å². The number of aliphatic hydroxyl groups excluding tert-OH is 1. The van der Waals surface area contributed by atoms with Gasteiger partial charge in [-0.05, 0) is 37.5 Å². The molecule has 576 valence electrons. The van der Waals surface area contributed by atoms with Crippen LogP contribution in [0.5, 0.6) is 0 Å². The van der Waals surface area contributed by atoms with Crippen LogP contribution in [0, 0.1) is 11.8 Å². The second-order valence-electron chi connectivity index (χ2n) is 29.1. The Bertz CT molecular complexity index is 1870. The third-order valence-corrected chi connectivity index (χ3v) is 20.1. The van der Waals surface area contributed by atoms with Crippen molar-refractivity contribution in [3.63, 3.8) is 0 Å². The number of carbonyl (C=O) groups is 4. The fraction of sp³-hybridized carbons (Fsp3) is 0.949. The molecule has 0 bridgehead atoms. The Morgan fingerprint density at radius 2 is 0.474 bits per heavy atom. The fourth-order valence-corrected chi connectivity index (χ4v) is 13.6. The third kappa shape index (κ3) is 72.2. The van der Waals surface area contributed by atoms with E-state index in [2.05, 4.69) is 41.5 Å². The zero-order chi connectivity index (χ0) is 71.4. The van der Waals surface area contributed by atoms with E-state index >= 15 is 0 Å². The Morgan fingerprint density at radius 1 is 0.278 bits per heavy atom. The fourth-order valence-electron chi connectivity index (χ4n) is 12.0. The predicted molar refractivity (Wildman–Crippen MR) is 395 cm³/mol. The lowest BCUT2D eigenvalue weighted by Crippen LogP contribution is -2.30. The molecule has 5 atom stereocenters. The van der Waals surface area contributed by atoms with Gasteiger partial charge in [-0.15, -0.1) is 0 Å². The molecule has 0 saturated carbocycles. The van der Waals surface area contributed by atoms with E-state index in [1.165, 1.54) is 225 Å². The Balaban J connectivity index is 5.25. The number of carbonyl (C=O) groups excluding carboxylic acids is 4. The van der Waals surface area contributed by atoms with Crippen molar-refractivity contribution in [3.05, 3.63) is 0 Å². The molecule has 0 saturated heterocycles. The minimum absolute atomic E-state index is 0.106. The van der Waals surface area contributed by atoms with Gasteiger partial charge < -0.3 is 33.8 Å². The van der Waals surface area contributed by atoms with E-state index in [1.807, 2.05) is 0 Å². The molecular formula is C78H152O17P2. The van der Waals surface area contributed by atoms with Gasteiger partial charge in [0.05, 0.1) is 26.4 Å². The van der Waals surface area contributed by atoms with Crippen LogP contribution in [0.25, 0.3) is 0 Å². The van der Waals surface area contributed by atoms with Gasteiger partial charge in [0, 0.05) is 25.7 Å². The standard InChI is InChI=1S/C78H152O17P2/c1-7-9-11-13-15-17-19-21-22-23-27-31-37-43-49-55-61-76(81)89-66-73(94-77(82)62-56-50-44-38-32-28-25-24-26-29-34-40-46-52-58-70(3)4)68-92-96(84,85)90-64-72(79)65-91-97(86,87)93-69-74(95-78(83)63-57-51-45-39-33-35-41-47-53-59-71(5)6)67-88-75(80)60-54-48-42-36-30-20-18-16-14-12-10-8-2/h70-74,79H,7-69H2,1-6H3,(H,84,85)(H,86,87)/t72-,73-,74-/m1/s1. The van der Waals surface area contributed by atoms with Gasteiger partial charge in [-0.2, -0.15) is 0 Å². The smallest absolute Gasteiger partial charge is 0.462 e. The maximum atomic E-state index is 13.1. The van der Waals surface area contributed by atoms with Crippen molar-refractivity contribution in [3.8, 4) is 0 Å². The van der Waals surface area contributed by atoms with E-state index in [9.17, 15) is 43.2 Å². The zero-order valence-corrected chi connectivity index (χ0v) is 65.2. The Kier molecular flexibility index (Phi) is 68.4. The van der Waals surface area contributed by atoms with E-state index in [4.69, 9.17) is 37.0 Å². The second kappa shape index (κ2) is 69.8. The summed E-state index contributed by atoms with van der Waals surface area (Å²) in [5.74, 6) is -0.579. The summed E-state index contributed by atoms with van der Waals surface area (Å²) >= 11 is 0. The SMILES string of the molecule is CCCCCCCCCCCCCCCCCCC(=O)OC[C@H](COP(=O)(O)OC[C@@H](O)COP(=O)(O)OC[C@@H](COC(=O)CCCCCCCCCCCCCC)OC(=O)CCCCCCCCCCCC(C)C)OC(=O)CCCCCCCCCCCCCCCCC(C)C. The van der Waals surface area contributed by atoms with Crippen LogP contribution in [-0.4, -0.2) is 96.7 Å². The maximum Gasteiger partial charge on any atom is 0.472 e. The van der Waals surface area contributed by atoms with Gasteiger partial charge in [-0.3, -0.25) is 37.3 Å². The lowest BCUT2D eigenvalue weighted by molar-refractivity contribution is -0.161. The average Bonchev–Trinajstić information content (AvgIpc) is 1.02. The number of hydrogen-bond acceptors (Lipinski definition) is 15. The molecule has 0 fully saturated rings. The van der Waals surface area contributed by atoms with Crippen LogP contribution in [0.2, 0.25) is 0 Å². The predicted octanol–water partition coefficient (Wildman–Crippen LogP) is 23.1. The van der Waals surface area contributed by atoms with E-state index in [0.29, 0.717) is 25.7 Å². The summed E-state index contributed by atoms with van der Waals surface area (Å²) in [6.07, 6.45) is 58.1. The van der Waals surface area contributed by atoms with Crippen LogP contribution in [0.15, 0.2) is 0 Å². The van der Waals surface area contributed by atoms with Crippen molar-refractivity contribution < 1.29 is 80.2 Å². The molecule has 2 unspecified atom stereocenters. The summed E-state index contributed by atoms with van der Waals surface area (Å²) in [6, 6.07) is 0. The molecule has 0 heterocycles. The topological polar surface area (TPSA) is 237 Å². The largest absolute Gasteiger partial charge is 0.472 e. The third-order valence-electron chi connectivity index (χ3n) is 18.2. The molecule has 0 amide bonds. The molecule has 0 aromatic heterocycles. The Hall–Kier alpha value is -1.94. The van der Waals surface area contributed by atoms with Gasteiger partial charge in [0.25, 0.3) is 0 Å². The molecule has 17 nitrogen and oxygen atoms in total. The lowest BCUT2D eigenvalue weighted by atomic mass is 10.0. The highest BCUT2D eigenvalue weighted by molar-refractivity contribution is 7.47. The first kappa shape index (κ1) is 95.1. The average molecular weight is 1420 g/mol. The van der Waals surface area contributed by atoms with Crippen LogP contribution >= 0.6 is 15.6 Å². The number of phosphoric acid groups is 2. The van der Waals surface area contributed by atoms with E-state index in [-0.39, 0.29) is 25.7 Å². The van der Waals surface area contributed by atoms with E-state index < -0.39 is 97.5 Å². The molecule has 0 aromatic carbocycles. The highest BCUT2D eigenvalue weighted by Gasteiger charge is 2.30. The van der Waals surface area contributed by atoms with Crippen molar-refractivity contribution in [1.29, 1.82) is 0 Å². The van der Waals surface area contributed by atoms with Gasteiger partial charge in [0.1, 0.15) is 19.3 Å². The maximum absolute atomic E-state index is 13.1. The number of ether oxygens (including phenoxy) is 4. The molecule has 3 N–H and O–H groups in total. The number of aliphatic hydroxyl groups is 1. The lowest BCUT2D eigenvalue weighted by Gasteiger charge is -2.21. The van der Waals surface area contributed by atoms with Gasteiger partial charge in [0.2, 0.25) is 0 Å². The first-order valence-electron chi connectivity index (χ1n) is 40.5. The molecule has 0 rings (SSSR count). The van der Waals surface area contributed by atoms with Crippen LogP contribution in [0.1, 0.15) is 408 Å². The highest BCUT2D eigenvalue weighted by atomic mass is 31.2. The molecule has 0 spiro atoms. The van der Waals surface area contributed by atoms with Crippen LogP contribution in [-0.2, 0) is 65.4 Å². The number of phosphoric ester groups is 2. The summed E-state index contributed by atoms with van der Waals surface area (Å²) in [6.45, 7) is 9.62. The minimum atomic E-state index is -4.96. The summed E-state index contributed by atoms with van der Waals surface area (Å²) in [7, 11) is -9.91. The second-order valence-corrected chi connectivity index (χ2v) is 32.0. The number of hydrogen-bond donors (Lipinski definition) is 3. The van der Waals surface area contributed by atoms with Crippen LogP contribution in [0.3, 0.4) is 0 Å². The molecule has 0 aromatic rings. The van der Waals surface area contributed by atoms with Crippen LogP contribution in [0.4, 0.5) is 0 Å². The van der Waals surface area contributed by atoms with Crippen molar-refractivity contribution in [2.24, 2.45) is 11.8 Å². The molecule has 0 radical (unpaired) electrons. The summed E-state index contributed by atoms with van der Waals surface area (Å²) in [4.78, 5) is 72.9. The van der Waals surface area contributed by atoms with Crippen LogP contribution < -0.4 is 0 Å². The molecule has 0 aliphatic heterocycles. The van der Waals surface area contributed by atoms with E-state index in [0.717, 1.165) is 102 Å². The molecule has 97 heavy (non-hydrogen) atoms. The van der Waals surface area contributed by atoms with Crippen molar-refractivity contribution in [2.45, 2.75) is 426 Å². The van der Waals surface area contributed by atoms with Crippen molar-refractivity contribution in [1.82, 2.24) is 0 Å². The molecule has 0 aliphatic carbocycles. The Morgan fingerprint density at radius 3 is 0.701 bits per heavy atom. The highest BCUT2D eigenvalue weighted by Crippen LogP contribution is 2.45. The summed E-state index contributed by atoms with van der Waals surface area (Å²) < 4.78 is 68.6. The summed E-state index contributed by atoms with van der Waals surface area (Å²) in [5, 5.41) is 10.6. The molecular weight excluding hydrogens is 1270 g/mol. The van der Waals surface area contributed by atoms with Crippen molar-refractivity contribution >= 4 is 39.5 Å². The first-order chi connectivity index (χ1) is 46.9. The number of unbranched alkanes of at least 4 members (excludes halogenated alkanes) is 47. The van der Waals surface area contributed by atoms with Gasteiger partial charge >= 0.3 is 39.5 Å². The number of rotatable bonds is 77. The molecule has 0 aliphatic rings. The van der Waals surface area contributed by atoms with Gasteiger partial charge in [0.15, 0.2) is 12.2 Å². The quantitative estimate of drug-likeness (QED) is 0.0222. The van der Waals surface area contributed by atoms with Crippen molar-refractivity contribution in [2.75, 3.05) is 39.6 Å². The van der Waals surface area contributed by atoms with E-state index in [1.54, 1.807) is 0 Å². The number of esters is 4. The normalized spacial score (nSPS) is 14.0. The minimum Gasteiger partial charge on any atom is -0.462 e. The summed E-state index contributed by atoms with van der Waals surface area (Å²) in [5.41, 5.74) is 0. The first-order valence-corrected chi connectivity index (χ1v) is 43.5. The van der Waals surface area contributed by atoms with Gasteiger partial charge in [-0.1, -0.05) is 356 Å². The molecule has 19 heteroatoms. The zero-order valence-electron chi connectivity index (χ0n) is 63.4. The monoisotopic (exact) mass is 1420 g/mol.